The van der Waals surface area contributed by atoms with Crippen molar-refractivity contribution in [3.05, 3.63) is 44.6 Å². The van der Waals surface area contributed by atoms with Crippen LogP contribution >= 0.6 is 22.9 Å². The third-order valence-electron chi connectivity index (χ3n) is 3.48. The molecule has 1 aliphatic rings. The molecule has 2 aromatic rings. The van der Waals surface area contributed by atoms with Crippen molar-refractivity contribution in [3.63, 3.8) is 0 Å². The van der Waals surface area contributed by atoms with Crippen LogP contribution in [0.2, 0.25) is 5.02 Å². The minimum atomic E-state index is -0.0402. The van der Waals surface area contributed by atoms with E-state index in [1.54, 1.807) is 17.4 Å². The van der Waals surface area contributed by atoms with Crippen LogP contribution in [0, 0.1) is 6.92 Å². The van der Waals surface area contributed by atoms with Gasteiger partial charge in [0, 0.05) is 16.2 Å². The molecule has 1 amide bonds. The molecule has 0 fully saturated rings. The van der Waals surface area contributed by atoms with Crippen molar-refractivity contribution in [2.45, 2.75) is 26.3 Å². The Morgan fingerprint density at radius 2 is 2.13 bits per heavy atom. The number of amides is 1. The summed E-state index contributed by atoms with van der Waals surface area (Å²) in [5.74, 6) is 1.15. The van der Waals surface area contributed by atoms with E-state index in [0.29, 0.717) is 36.3 Å². The standard InChI is InChI=1S/C17H18ClNO3S/c1-11-3-4-13(23-11)10-19-16(20)9-12-7-14(18)17-15(8-12)21-5-2-6-22-17/h3-4,7-8H,2,5-6,9-10H2,1H3,(H,19,20). The number of rotatable bonds is 4. The molecule has 3 rings (SSSR count). The second-order valence-corrected chi connectivity index (χ2v) is 7.20. The summed E-state index contributed by atoms with van der Waals surface area (Å²) in [6.45, 7) is 3.79. The van der Waals surface area contributed by atoms with Gasteiger partial charge in [-0.15, -0.1) is 11.3 Å². The molecule has 1 N–H and O–H groups in total. The monoisotopic (exact) mass is 351 g/mol. The molecule has 0 saturated carbocycles. The number of benzene rings is 1. The van der Waals surface area contributed by atoms with Crippen LogP contribution in [-0.2, 0) is 17.8 Å². The van der Waals surface area contributed by atoms with Crippen LogP contribution in [0.5, 0.6) is 11.5 Å². The van der Waals surface area contributed by atoms with E-state index in [1.807, 2.05) is 12.1 Å². The van der Waals surface area contributed by atoms with Crippen molar-refractivity contribution >= 4 is 28.8 Å². The molecule has 1 aliphatic heterocycles. The van der Waals surface area contributed by atoms with Gasteiger partial charge in [-0.05, 0) is 36.8 Å². The van der Waals surface area contributed by atoms with Crippen LogP contribution in [0.4, 0.5) is 0 Å². The van der Waals surface area contributed by atoms with Crippen LogP contribution in [0.15, 0.2) is 24.3 Å². The van der Waals surface area contributed by atoms with Gasteiger partial charge >= 0.3 is 0 Å². The SMILES string of the molecule is Cc1ccc(CNC(=O)Cc2cc(Cl)c3c(c2)OCCCO3)s1. The Morgan fingerprint density at radius 1 is 1.30 bits per heavy atom. The molecule has 0 spiro atoms. The molecule has 1 aromatic heterocycles. The first-order valence-corrected chi connectivity index (χ1v) is 8.71. The highest BCUT2D eigenvalue weighted by molar-refractivity contribution is 7.11. The first kappa shape index (κ1) is 16.1. The lowest BCUT2D eigenvalue weighted by molar-refractivity contribution is -0.120. The van der Waals surface area contributed by atoms with E-state index < -0.39 is 0 Å². The van der Waals surface area contributed by atoms with Crippen molar-refractivity contribution in [1.82, 2.24) is 5.32 Å². The zero-order valence-electron chi connectivity index (χ0n) is 12.9. The average molecular weight is 352 g/mol. The van der Waals surface area contributed by atoms with Gasteiger partial charge in [0.25, 0.3) is 0 Å². The van der Waals surface area contributed by atoms with Gasteiger partial charge in [-0.1, -0.05) is 11.6 Å². The molecule has 0 saturated heterocycles. The first-order valence-electron chi connectivity index (χ1n) is 7.52. The predicted molar refractivity (Wildman–Crippen MR) is 91.7 cm³/mol. The molecule has 2 heterocycles. The molecule has 0 bridgehead atoms. The van der Waals surface area contributed by atoms with Crippen molar-refractivity contribution in [2.24, 2.45) is 0 Å². The van der Waals surface area contributed by atoms with E-state index in [0.717, 1.165) is 16.9 Å². The topological polar surface area (TPSA) is 47.6 Å². The number of nitrogens with one attached hydrogen (secondary N) is 1. The molecule has 23 heavy (non-hydrogen) atoms. The Hall–Kier alpha value is -1.72. The van der Waals surface area contributed by atoms with Gasteiger partial charge in [0.2, 0.25) is 5.91 Å². The van der Waals surface area contributed by atoms with E-state index >= 15 is 0 Å². The number of fused-ring (bicyclic) bond motifs is 1. The number of hydrogen-bond acceptors (Lipinski definition) is 4. The largest absolute Gasteiger partial charge is 0.489 e. The maximum atomic E-state index is 12.1. The summed E-state index contributed by atoms with van der Waals surface area (Å²) in [4.78, 5) is 14.5. The summed E-state index contributed by atoms with van der Waals surface area (Å²) in [7, 11) is 0. The van der Waals surface area contributed by atoms with Gasteiger partial charge in [-0.3, -0.25) is 4.79 Å². The lowest BCUT2D eigenvalue weighted by Crippen LogP contribution is -2.24. The summed E-state index contributed by atoms with van der Waals surface area (Å²) in [6, 6.07) is 7.69. The maximum absolute atomic E-state index is 12.1. The number of ether oxygens (including phenoxy) is 2. The van der Waals surface area contributed by atoms with E-state index in [1.165, 1.54) is 4.88 Å². The minimum Gasteiger partial charge on any atom is -0.489 e. The van der Waals surface area contributed by atoms with Gasteiger partial charge in [-0.2, -0.15) is 0 Å². The molecular formula is C17H18ClNO3S. The zero-order chi connectivity index (χ0) is 16.2. The van der Waals surface area contributed by atoms with Gasteiger partial charge in [0.1, 0.15) is 0 Å². The smallest absolute Gasteiger partial charge is 0.224 e. The Bertz CT molecular complexity index is 714. The number of hydrogen-bond donors (Lipinski definition) is 1. The fourth-order valence-corrected chi connectivity index (χ4v) is 3.52. The van der Waals surface area contributed by atoms with Crippen LogP contribution in [-0.4, -0.2) is 19.1 Å². The van der Waals surface area contributed by atoms with Gasteiger partial charge in [0.05, 0.1) is 31.2 Å². The number of aryl methyl sites for hydroxylation is 1. The summed E-state index contributed by atoms with van der Waals surface area (Å²) < 4.78 is 11.2. The van der Waals surface area contributed by atoms with E-state index in [-0.39, 0.29) is 12.3 Å². The summed E-state index contributed by atoms with van der Waals surface area (Å²) >= 11 is 7.93. The quantitative estimate of drug-likeness (QED) is 0.913. The van der Waals surface area contributed by atoms with Gasteiger partial charge in [0.15, 0.2) is 11.5 Å². The van der Waals surface area contributed by atoms with Crippen molar-refractivity contribution < 1.29 is 14.3 Å². The molecule has 6 heteroatoms. The molecular weight excluding hydrogens is 334 g/mol. The first-order chi connectivity index (χ1) is 11.1. The Balaban J connectivity index is 1.64. The Morgan fingerprint density at radius 3 is 2.91 bits per heavy atom. The van der Waals surface area contributed by atoms with Crippen molar-refractivity contribution in [1.29, 1.82) is 0 Å². The number of carbonyl (C=O) groups excluding carboxylic acids is 1. The van der Waals surface area contributed by atoms with Crippen molar-refractivity contribution in [3.8, 4) is 11.5 Å². The van der Waals surface area contributed by atoms with Crippen LogP contribution in [0.1, 0.15) is 21.7 Å². The highest BCUT2D eigenvalue weighted by atomic mass is 35.5. The highest BCUT2D eigenvalue weighted by Crippen LogP contribution is 2.38. The second-order valence-electron chi connectivity index (χ2n) is 5.42. The second kappa shape index (κ2) is 7.23. The molecule has 0 aliphatic carbocycles. The summed E-state index contributed by atoms with van der Waals surface area (Å²) in [6.07, 6.45) is 1.09. The normalized spacial score (nSPS) is 13.5. The molecule has 1 aromatic carbocycles. The highest BCUT2D eigenvalue weighted by Gasteiger charge is 2.16. The van der Waals surface area contributed by atoms with E-state index in [9.17, 15) is 4.79 Å². The molecule has 0 unspecified atom stereocenters. The number of carbonyl (C=O) groups is 1. The maximum Gasteiger partial charge on any atom is 0.224 e. The fraction of sp³-hybridized carbons (Fsp3) is 0.353. The summed E-state index contributed by atoms with van der Waals surface area (Å²) in [5, 5.41) is 3.42. The summed E-state index contributed by atoms with van der Waals surface area (Å²) in [5.41, 5.74) is 0.819. The number of halogens is 1. The van der Waals surface area contributed by atoms with E-state index in [2.05, 4.69) is 18.3 Å². The third kappa shape index (κ3) is 4.18. The minimum absolute atomic E-state index is 0.0402. The lowest BCUT2D eigenvalue weighted by atomic mass is 10.1. The number of thiophene rings is 1. The zero-order valence-corrected chi connectivity index (χ0v) is 14.4. The lowest BCUT2D eigenvalue weighted by Gasteiger charge is -2.11. The average Bonchev–Trinajstić information content (AvgIpc) is 2.78. The van der Waals surface area contributed by atoms with Crippen molar-refractivity contribution in [2.75, 3.05) is 13.2 Å². The van der Waals surface area contributed by atoms with Gasteiger partial charge < -0.3 is 14.8 Å². The van der Waals surface area contributed by atoms with E-state index in [4.69, 9.17) is 21.1 Å². The molecule has 0 radical (unpaired) electrons. The molecule has 122 valence electrons. The van der Waals surface area contributed by atoms with Crippen LogP contribution in [0.3, 0.4) is 0 Å². The van der Waals surface area contributed by atoms with Crippen LogP contribution < -0.4 is 14.8 Å². The van der Waals surface area contributed by atoms with Crippen LogP contribution in [0.25, 0.3) is 0 Å². The Kier molecular flexibility index (Phi) is 5.08. The molecule has 0 atom stereocenters. The Labute approximate surface area is 144 Å². The predicted octanol–water partition coefficient (Wildman–Crippen LogP) is 3.73. The third-order valence-corrected chi connectivity index (χ3v) is 4.76. The fourth-order valence-electron chi connectivity index (χ4n) is 2.40. The molecule has 4 nitrogen and oxygen atoms in total. The van der Waals surface area contributed by atoms with Gasteiger partial charge in [-0.25, -0.2) is 0 Å².